The predicted molar refractivity (Wildman–Crippen MR) is 64.7 cm³/mol. The molecule has 2 heterocycles. The Morgan fingerprint density at radius 3 is 2.81 bits per heavy atom. The highest BCUT2D eigenvalue weighted by Gasteiger charge is 2.19. The molecule has 0 aliphatic heterocycles. The lowest BCUT2D eigenvalue weighted by Crippen LogP contribution is -2.10. The molecule has 2 N–H and O–H groups in total. The molecule has 0 fully saturated rings. The van der Waals surface area contributed by atoms with Gasteiger partial charge in [0.1, 0.15) is 10.6 Å². The van der Waals surface area contributed by atoms with Gasteiger partial charge >= 0.3 is 0 Å². The monoisotopic (exact) mass is 252 g/mol. The van der Waals surface area contributed by atoms with Crippen LogP contribution in [0, 0.1) is 12.4 Å². The highest BCUT2D eigenvalue weighted by Crippen LogP contribution is 2.32. The zero-order valence-corrected chi connectivity index (χ0v) is 10.5. The molecule has 0 aliphatic rings. The van der Waals surface area contributed by atoms with E-state index in [-0.39, 0.29) is 0 Å². The first kappa shape index (κ1) is 11.2. The maximum Gasteiger partial charge on any atom is 0.261 e. The molecule has 0 unspecified atom stereocenters. The number of amides is 1. The van der Waals surface area contributed by atoms with Crippen molar-refractivity contribution in [3.05, 3.63) is 21.1 Å². The molecule has 4 nitrogen and oxygen atoms in total. The smallest absolute Gasteiger partial charge is 0.261 e. The van der Waals surface area contributed by atoms with Gasteiger partial charge in [-0.15, -0.1) is 22.7 Å². The van der Waals surface area contributed by atoms with Gasteiger partial charge in [-0.25, -0.2) is 9.97 Å². The van der Waals surface area contributed by atoms with E-state index < -0.39 is 5.91 Å². The molecule has 2 aromatic heterocycles. The van der Waals surface area contributed by atoms with Crippen LogP contribution >= 0.6 is 22.7 Å². The third kappa shape index (κ3) is 1.85. The number of primary amides is 1. The van der Waals surface area contributed by atoms with Crippen LogP contribution in [0.3, 0.4) is 0 Å². The summed E-state index contributed by atoms with van der Waals surface area (Å²) in [6.07, 6.45) is 0.798. The summed E-state index contributed by atoms with van der Waals surface area (Å²) in [7, 11) is 0. The summed E-state index contributed by atoms with van der Waals surface area (Å²) in [5, 5.41) is 0.914. The SMILES string of the molecule is CCc1nc(-c2s[c]nc2C)c(C(N)=O)s1. The molecule has 2 rings (SSSR count). The molecule has 0 saturated heterocycles. The van der Waals surface area contributed by atoms with Gasteiger partial charge in [0.2, 0.25) is 0 Å². The number of aryl methyl sites for hydroxylation is 2. The van der Waals surface area contributed by atoms with Crippen molar-refractivity contribution in [1.82, 2.24) is 9.97 Å². The molecule has 1 radical (unpaired) electrons. The number of rotatable bonds is 3. The van der Waals surface area contributed by atoms with E-state index in [0.717, 1.165) is 22.0 Å². The largest absolute Gasteiger partial charge is 0.365 e. The standard InChI is InChI=1S/C10H10N3OS2/c1-3-6-13-7(9(16-6)10(11)14)8-5(2)12-4-15-8/h3H2,1-2H3,(H2,11,14). The van der Waals surface area contributed by atoms with Crippen molar-refractivity contribution in [3.8, 4) is 10.6 Å². The molecule has 0 atom stereocenters. The third-order valence-electron chi connectivity index (χ3n) is 2.10. The minimum Gasteiger partial charge on any atom is -0.365 e. The van der Waals surface area contributed by atoms with Crippen LogP contribution in [0.1, 0.15) is 27.3 Å². The van der Waals surface area contributed by atoms with Crippen LogP contribution in [0.4, 0.5) is 0 Å². The van der Waals surface area contributed by atoms with E-state index in [1.165, 1.54) is 22.7 Å². The van der Waals surface area contributed by atoms with Crippen LogP contribution in [0.15, 0.2) is 0 Å². The van der Waals surface area contributed by atoms with Crippen molar-refractivity contribution in [2.75, 3.05) is 0 Å². The van der Waals surface area contributed by atoms with Crippen molar-refractivity contribution in [2.45, 2.75) is 20.3 Å². The van der Waals surface area contributed by atoms with Crippen molar-refractivity contribution in [2.24, 2.45) is 5.73 Å². The minimum absolute atomic E-state index is 0.431. The summed E-state index contributed by atoms with van der Waals surface area (Å²) >= 11 is 2.71. The van der Waals surface area contributed by atoms with Crippen molar-refractivity contribution < 1.29 is 4.79 Å². The molecule has 6 heteroatoms. The average molecular weight is 252 g/mol. The molecular weight excluding hydrogens is 242 g/mol. The van der Waals surface area contributed by atoms with Gasteiger partial charge in [0.15, 0.2) is 5.51 Å². The Kier molecular flexibility index (Phi) is 3.02. The molecular formula is C10H10N3OS2. The predicted octanol–water partition coefficient (Wildman–Crippen LogP) is 2.04. The fraction of sp³-hybridized carbons (Fsp3) is 0.300. The second kappa shape index (κ2) is 4.31. The molecule has 1 amide bonds. The van der Waals surface area contributed by atoms with E-state index in [4.69, 9.17) is 5.73 Å². The number of hydrogen-bond acceptors (Lipinski definition) is 5. The second-order valence-electron chi connectivity index (χ2n) is 3.22. The molecule has 2 aromatic rings. The number of thiazole rings is 2. The van der Waals surface area contributed by atoms with Gasteiger partial charge in [-0.2, -0.15) is 0 Å². The van der Waals surface area contributed by atoms with Gasteiger partial charge < -0.3 is 5.73 Å². The highest BCUT2D eigenvalue weighted by atomic mass is 32.1. The Labute approximate surface area is 101 Å². The maximum absolute atomic E-state index is 11.3. The van der Waals surface area contributed by atoms with Crippen LogP contribution in [-0.2, 0) is 6.42 Å². The van der Waals surface area contributed by atoms with E-state index in [1.54, 1.807) is 0 Å². The van der Waals surface area contributed by atoms with Gasteiger partial charge in [-0.05, 0) is 13.3 Å². The number of nitrogens with two attached hydrogens (primary N) is 1. The first-order valence-electron chi connectivity index (χ1n) is 4.76. The number of aromatic nitrogens is 2. The molecule has 0 aliphatic carbocycles. The Balaban J connectivity index is 2.59. The summed E-state index contributed by atoms with van der Waals surface area (Å²) in [6, 6.07) is 0. The quantitative estimate of drug-likeness (QED) is 0.908. The third-order valence-corrected chi connectivity index (χ3v) is 4.19. The summed E-state index contributed by atoms with van der Waals surface area (Å²) in [5.41, 5.74) is 9.63. The molecule has 0 saturated carbocycles. The number of carbonyl (C=O) groups is 1. The summed E-state index contributed by atoms with van der Waals surface area (Å²) < 4.78 is 0. The zero-order valence-electron chi connectivity index (χ0n) is 8.90. The second-order valence-corrected chi connectivity index (χ2v) is 5.10. The van der Waals surface area contributed by atoms with Gasteiger partial charge in [-0.1, -0.05) is 6.92 Å². The maximum atomic E-state index is 11.3. The van der Waals surface area contributed by atoms with Crippen molar-refractivity contribution in [1.29, 1.82) is 0 Å². The van der Waals surface area contributed by atoms with Gasteiger partial charge in [0.05, 0.1) is 15.6 Å². The minimum atomic E-state index is -0.431. The average Bonchev–Trinajstić information content (AvgIpc) is 2.82. The Bertz CT molecular complexity index is 530. The first-order chi connectivity index (χ1) is 7.63. The topological polar surface area (TPSA) is 68.9 Å². The summed E-state index contributed by atoms with van der Waals surface area (Å²) in [6.45, 7) is 3.87. The van der Waals surface area contributed by atoms with E-state index >= 15 is 0 Å². The molecule has 16 heavy (non-hydrogen) atoms. The van der Waals surface area contributed by atoms with Crippen LogP contribution < -0.4 is 5.73 Å². The fourth-order valence-corrected chi connectivity index (χ4v) is 2.96. The van der Waals surface area contributed by atoms with E-state index in [2.05, 4.69) is 15.5 Å². The van der Waals surface area contributed by atoms with Gasteiger partial charge in [0, 0.05) is 0 Å². The van der Waals surface area contributed by atoms with E-state index in [1.807, 2.05) is 13.8 Å². The zero-order chi connectivity index (χ0) is 11.7. The molecule has 0 bridgehead atoms. The summed E-state index contributed by atoms with van der Waals surface area (Å²) in [4.78, 5) is 21.2. The number of nitrogens with zero attached hydrogens (tertiary/aromatic N) is 2. The van der Waals surface area contributed by atoms with Crippen LogP contribution in [0.5, 0.6) is 0 Å². The lowest BCUT2D eigenvalue weighted by Gasteiger charge is -1.95. The van der Waals surface area contributed by atoms with Gasteiger partial charge in [0.25, 0.3) is 5.91 Å². The highest BCUT2D eigenvalue weighted by molar-refractivity contribution is 7.16. The fourth-order valence-electron chi connectivity index (χ4n) is 1.32. The normalized spacial score (nSPS) is 10.6. The lowest BCUT2D eigenvalue weighted by atomic mass is 10.2. The lowest BCUT2D eigenvalue weighted by molar-refractivity contribution is 0.100. The molecule has 83 valence electrons. The van der Waals surface area contributed by atoms with Crippen LogP contribution in [0.25, 0.3) is 10.6 Å². The number of carbonyl (C=O) groups excluding carboxylic acids is 1. The van der Waals surface area contributed by atoms with Crippen LogP contribution in [0.2, 0.25) is 0 Å². The molecule has 0 spiro atoms. The number of hydrogen-bond donors (Lipinski definition) is 1. The summed E-state index contributed by atoms with van der Waals surface area (Å²) in [5.74, 6) is -0.431. The van der Waals surface area contributed by atoms with Crippen molar-refractivity contribution >= 4 is 28.6 Å². The van der Waals surface area contributed by atoms with Gasteiger partial charge in [-0.3, -0.25) is 4.79 Å². The Hall–Kier alpha value is -1.27. The van der Waals surface area contributed by atoms with Crippen molar-refractivity contribution in [3.63, 3.8) is 0 Å². The first-order valence-corrected chi connectivity index (χ1v) is 6.40. The Morgan fingerprint density at radius 2 is 2.31 bits per heavy atom. The Morgan fingerprint density at radius 1 is 1.56 bits per heavy atom. The molecule has 0 aromatic carbocycles. The van der Waals surface area contributed by atoms with E-state index in [9.17, 15) is 4.79 Å². The van der Waals surface area contributed by atoms with Crippen LogP contribution in [-0.4, -0.2) is 15.9 Å². The van der Waals surface area contributed by atoms with E-state index in [0.29, 0.717) is 10.6 Å².